The minimum atomic E-state index is -0.143. The molecule has 1 unspecified atom stereocenters. The molecule has 5 heteroatoms. The van der Waals surface area contributed by atoms with Crippen LogP contribution in [0.15, 0.2) is 18.3 Å². The third kappa shape index (κ3) is 3.67. The number of nitrogen functional groups attached to an aromatic ring is 1. The SMILES string of the molecule is CC1CCCCN1CCNC(=O)c1cccnc1N. The summed E-state index contributed by atoms with van der Waals surface area (Å²) in [6.45, 7) is 4.93. The molecule has 0 radical (unpaired) electrons. The Morgan fingerprint density at radius 1 is 1.58 bits per heavy atom. The van der Waals surface area contributed by atoms with E-state index in [1.807, 2.05) is 0 Å². The van der Waals surface area contributed by atoms with Crippen molar-refractivity contribution in [1.29, 1.82) is 0 Å². The van der Waals surface area contributed by atoms with Gasteiger partial charge in [-0.05, 0) is 38.4 Å². The quantitative estimate of drug-likeness (QED) is 0.857. The van der Waals surface area contributed by atoms with Gasteiger partial charge in [-0.25, -0.2) is 4.98 Å². The van der Waals surface area contributed by atoms with Gasteiger partial charge in [0.15, 0.2) is 0 Å². The molecule has 0 aromatic carbocycles. The maximum absolute atomic E-state index is 11.9. The molecular formula is C14H22N4O. The zero-order chi connectivity index (χ0) is 13.7. The highest BCUT2D eigenvalue weighted by Gasteiger charge is 2.18. The molecule has 19 heavy (non-hydrogen) atoms. The van der Waals surface area contributed by atoms with E-state index in [1.165, 1.54) is 19.3 Å². The number of piperidine rings is 1. The van der Waals surface area contributed by atoms with Gasteiger partial charge in [0, 0.05) is 25.3 Å². The van der Waals surface area contributed by atoms with Crippen LogP contribution in [0.4, 0.5) is 5.82 Å². The van der Waals surface area contributed by atoms with Gasteiger partial charge in [0.25, 0.3) is 5.91 Å². The van der Waals surface area contributed by atoms with Crippen LogP contribution in [0.25, 0.3) is 0 Å². The van der Waals surface area contributed by atoms with Crippen LogP contribution in [0.5, 0.6) is 0 Å². The maximum atomic E-state index is 11.9. The molecule has 0 spiro atoms. The molecule has 0 aliphatic carbocycles. The number of rotatable bonds is 4. The van der Waals surface area contributed by atoms with Gasteiger partial charge >= 0.3 is 0 Å². The highest BCUT2D eigenvalue weighted by Crippen LogP contribution is 2.15. The van der Waals surface area contributed by atoms with Crippen LogP contribution >= 0.6 is 0 Å². The van der Waals surface area contributed by atoms with Crippen LogP contribution in [0.3, 0.4) is 0 Å². The van der Waals surface area contributed by atoms with Gasteiger partial charge in [0.1, 0.15) is 5.82 Å². The van der Waals surface area contributed by atoms with Crippen molar-refractivity contribution in [2.75, 3.05) is 25.4 Å². The molecule has 1 aliphatic heterocycles. The lowest BCUT2D eigenvalue weighted by atomic mass is 10.0. The van der Waals surface area contributed by atoms with E-state index in [2.05, 4.69) is 22.1 Å². The standard InChI is InChI=1S/C14H22N4O/c1-11-5-2-3-9-18(11)10-8-17-14(19)12-6-4-7-16-13(12)15/h4,6-7,11H,2-3,5,8-10H2,1H3,(H2,15,16)(H,17,19). The monoisotopic (exact) mass is 262 g/mol. The first-order valence-corrected chi connectivity index (χ1v) is 6.91. The first-order valence-electron chi connectivity index (χ1n) is 6.91. The molecule has 104 valence electrons. The molecule has 5 nitrogen and oxygen atoms in total. The van der Waals surface area contributed by atoms with Crippen molar-refractivity contribution in [2.24, 2.45) is 0 Å². The lowest BCUT2D eigenvalue weighted by Crippen LogP contribution is -2.42. The van der Waals surface area contributed by atoms with Crippen LogP contribution in [0.2, 0.25) is 0 Å². The van der Waals surface area contributed by atoms with E-state index < -0.39 is 0 Å². The number of carbonyl (C=O) groups excluding carboxylic acids is 1. The van der Waals surface area contributed by atoms with Crippen molar-refractivity contribution in [3.05, 3.63) is 23.9 Å². The normalized spacial score (nSPS) is 20.2. The Kier molecular flexibility index (Phi) is 4.74. The fourth-order valence-corrected chi connectivity index (χ4v) is 2.51. The smallest absolute Gasteiger partial charge is 0.255 e. The Hall–Kier alpha value is -1.62. The van der Waals surface area contributed by atoms with E-state index in [-0.39, 0.29) is 11.7 Å². The topological polar surface area (TPSA) is 71.2 Å². The number of aromatic nitrogens is 1. The number of carbonyl (C=O) groups is 1. The second kappa shape index (κ2) is 6.52. The summed E-state index contributed by atoms with van der Waals surface area (Å²) in [5.74, 6) is 0.140. The summed E-state index contributed by atoms with van der Waals surface area (Å²) in [5, 5.41) is 2.91. The highest BCUT2D eigenvalue weighted by atomic mass is 16.1. The van der Waals surface area contributed by atoms with Gasteiger partial charge < -0.3 is 11.1 Å². The van der Waals surface area contributed by atoms with Crippen molar-refractivity contribution in [3.63, 3.8) is 0 Å². The van der Waals surface area contributed by atoms with Crippen molar-refractivity contribution >= 4 is 11.7 Å². The van der Waals surface area contributed by atoms with Gasteiger partial charge in [-0.3, -0.25) is 9.69 Å². The lowest BCUT2D eigenvalue weighted by molar-refractivity contribution is 0.0939. The summed E-state index contributed by atoms with van der Waals surface area (Å²) >= 11 is 0. The van der Waals surface area contributed by atoms with E-state index in [4.69, 9.17) is 5.73 Å². The molecule has 1 aliphatic rings. The molecule has 1 aromatic heterocycles. The number of hydrogen-bond donors (Lipinski definition) is 2. The summed E-state index contributed by atoms with van der Waals surface area (Å²) in [7, 11) is 0. The zero-order valence-corrected chi connectivity index (χ0v) is 11.4. The van der Waals surface area contributed by atoms with E-state index in [0.717, 1.165) is 13.1 Å². The maximum Gasteiger partial charge on any atom is 0.255 e. The second-order valence-corrected chi connectivity index (χ2v) is 5.07. The van der Waals surface area contributed by atoms with Gasteiger partial charge in [-0.15, -0.1) is 0 Å². The van der Waals surface area contributed by atoms with Gasteiger partial charge in [-0.2, -0.15) is 0 Å². The fraction of sp³-hybridized carbons (Fsp3) is 0.571. The first-order chi connectivity index (χ1) is 9.18. The molecule has 1 amide bonds. The summed E-state index contributed by atoms with van der Waals surface area (Å²) in [4.78, 5) is 18.3. The van der Waals surface area contributed by atoms with Gasteiger partial charge in [0.2, 0.25) is 0 Å². The summed E-state index contributed by atoms with van der Waals surface area (Å²) < 4.78 is 0. The number of anilines is 1. The predicted octanol–water partition coefficient (Wildman–Crippen LogP) is 1.27. The average molecular weight is 262 g/mol. The van der Waals surface area contributed by atoms with E-state index in [1.54, 1.807) is 18.3 Å². The number of nitrogens with two attached hydrogens (primary N) is 1. The largest absolute Gasteiger partial charge is 0.383 e. The van der Waals surface area contributed by atoms with Crippen LogP contribution in [0.1, 0.15) is 36.5 Å². The van der Waals surface area contributed by atoms with Crippen LogP contribution < -0.4 is 11.1 Å². The Morgan fingerprint density at radius 3 is 3.16 bits per heavy atom. The highest BCUT2D eigenvalue weighted by molar-refractivity contribution is 5.98. The predicted molar refractivity (Wildman–Crippen MR) is 75.9 cm³/mol. The van der Waals surface area contributed by atoms with Gasteiger partial charge in [-0.1, -0.05) is 6.42 Å². The Labute approximate surface area is 114 Å². The molecule has 0 bridgehead atoms. The minimum Gasteiger partial charge on any atom is -0.383 e. The third-order valence-electron chi connectivity index (χ3n) is 3.71. The molecule has 1 saturated heterocycles. The summed E-state index contributed by atoms with van der Waals surface area (Å²) in [5.41, 5.74) is 6.13. The molecule has 2 heterocycles. The van der Waals surface area contributed by atoms with Crippen molar-refractivity contribution in [2.45, 2.75) is 32.2 Å². The second-order valence-electron chi connectivity index (χ2n) is 5.07. The molecule has 0 saturated carbocycles. The Bertz CT molecular complexity index is 435. The Morgan fingerprint density at radius 2 is 2.42 bits per heavy atom. The van der Waals surface area contributed by atoms with E-state index in [9.17, 15) is 4.79 Å². The van der Waals surface area contributed by atoms with Gasteiger partial charge in [0.05, 0.1) is 5.56 Å². The van der Waals surface area contributed by atoms with E-state index >= 15 is 0 Å². The van der Waals surface area contributed by atoms with Crippen LogP contribution in [0, 0.1) is 0 Å². The molecule has 3 N–H and O–H groups in total. The number of nitrogens with zero attached hydrogens (tertiary/aromatic N) is 2. The summed E-state index contributed by atoms with van der Waals surface area (Å²) in [6.07, 6.45) is 5.41. The number of amides is 1. The molecule has 1 atom stereocenters. The van der Waals surface area contributed by atoms with Crippen molar-refractivity contribution in [3.8, 4) is 0 Å². The van der Waals surface area contributed by atoms with Crippen LogP contribution in [-0.2, 0) is 0 Å². The first kappa shape index (κ1) is 13.8. The molecule has 2 rings (SSSR count). The molecule has 1 aromatic rings. The van der Waals surface area contributed by atoms with Crippen molar-refractivity contribution in [1.82, 2.24) is 15.2 Å². The Balaban J connectivity index is 1.79. The van der Waals surface area contributed by atoms with E-state index in [0.29, 0.717) is 18.2 Å². The lowest BCUT2D eigenvalue weighted by Gasteiger charge is -2.33. The number of nitrogens with one attached hydrogen (secondary N) is 1. The average Bonchev–Trinajstić information content (AvgIpc) is 2.41. The number of likely N-dealkylation sites (tertiary alicyclic amines) is 1. The number of pyridine rings is 1. The minimum absolute atomic E-state index is 0.143. The number of hydrogen-bond acceptors (Lipinski definition) is 4. The fourth-order valence-electron chi connectivity index (χ4n) is 2.51. The van der Waals surface area contributed by atoms with Crippen LogP contribution in [-0.4, -0.2) is 41.5 Å². The zero-order valence-electron chi connectivity index (χ0n) is 11.4. The molecule has 1 fully saturated rings. The molecular weight excluding hydrogens is 240 g/mol. The third-order valence-corrected chi connectivity index (χ3v) is 3.71. The summed E-state index contributed by atoms with van der Waals surface area (Å²) in [6, 6.07) is 4.04. The van der Waals surface area contributed by atoms with Crippen molar-refractivity contribution < 1.29 is 4.79 Å².